The molecule has 0 unspecified atom stereocenters. The quantitative estimate of drug-likeness (QED) is 0.500. The van der Waals surface area contributed by atoms with Crippen LogP contribution in [0.5, 0.6) is 0 Å². The maximum absolute atomic E-state index is 11.8. The van der Waals surface area contributed by atoms with E-state index in [0.717, 1.165) is 5.56 Å². The monoisotopic (exact) mass is 350 g/mol. The van der Waals surface area contributed by atoms with Crippen LogP contribution in [0.2, 0.25) is 5.02 Å². The number of amides is 2. The van der Waals surface area contributed by atoms with Gasteiger partial charge in [0.1, 0.15) is 0 Å². The first-order valence-electron chi connectivity index (χ1n) is 8.01. The predicted molar refractivity (Wildman–Crippen MR) is 94.9 cm³/mol. The Balaban J connectivity index is 1.87. The van der Waals surface area contributed by atoms with Gasteiger partial charge in [-0.05, 0) is 18.1 Å². The van der Waals surface area contributed by atoms with E-state index in [4.69, 9.17) is 11.6 Å². The lowest BCUT2D eigenvalue weighted by Crippen LogP contribution is -2.46. The molecule has 2 rings (SSSR count). The molecular weight excluding hydrogens is 328 g/mol. The molecule has 1 aliphatic rings. The normalized spacial score (nSPS) is 15.6. The van der Waals surface area contributed by atoms with E-state index in [1.165, 1.54) is 4.90 Å². The third-order valence-electron chi connectivity index (χ3n) is 3.94. The van der Waals surface area contributed by atoms with Gasteiger partial charge in [-0.3, -0.25) is 19.5 Å². The van der Waals surface area contributed by atoms with Crippen LogP contribution in [0, 0.1) is 0 Å². The fourth-order valence-corrected chi connectivity index (χ4v) is 2.87. The van der Waals surface area contributed by atoms with E-state index in [0.29, 0.717) is 49.9 Å². The summed E-state index contributed by atoms with van der Waals surface area (Å²) in [5.74, 6) is 0.506. The standard InChI is InChI=1S/C17H23ClN4O2/c1-19-17(21(2)12-13-6-3-4-7-14(13)18)20-10-11-22-15(23)8-5-9-16(22)24/h3-4,6-7H,5,8-12H2,1-2H3,(H,19,20). The van der Waals surface area contributed by atoms with Crippen LogP contribution < -0.4 is 5.32 Å². The highest BCUT2D eigenvalue weighted by Gasteiger charge is 2.25. The van der Waals surface area contributed by atoms with Crippen LogP contribution in [0.3, 0.4) is 0 Å². The number of likely N-dealkylation sites (tertiary alicyclic amines) is 1. The molecule has 1 N–H and O–H groups in total. The lowest BCUT2D eigenvalue weighted by atomic mass is 10.1. The van der Waals surface area contributed by atoms with Gasteiger partial charge < -0.3 is 10.2 Å². The molecule has 24 heavy (non-hydrogen) atoms. The Morgan fingerprint density at radius 2 is 1.96 bits per heavy atom. The van der Waals surface area contributed by atoms with Crippen molar-refractivity contribution in [3.63, 3.8) is 0 Å². The molecule has 1 aromatic carbocycles. The van der Waals surface area contributed by atoms with E-state index in [9.17, 15) is 9.59 Å². The summed E-state index contributed by atoms with van der Waals surface area (Å²) < 4.78 is 0. The van der Waals surface area contributed by atoms with Crippen molar-refractivity contribution in [2.24, 2.45) is 4.99 Å². The van der Waals surface area contributed by atoms with Crippen molar-refractivity contribution in [3.05, 3.63) is 34.9 Å². The van der Waals surface area contributed by atoms with E-state index in [1.54, 1.807) is 7.05 Å². The number of piperidine rings is 1. The zero-order valence-corrected chi connectivity index (χ0v) is 14.8. The van der Waals surface area contributed by atoms with Crippen molar-refractivity contribution in [2.45, 2.75) is 25.8 Å². The summed E-state index contributed by atoms with van der Waals surface area (Å²) in [6, 6.07) is 7.66. The molecule has 1 heterocycles. The number of nitrogens with zero attached hydrogens (tertiary/aromatic N) is 3. The minimum atomic E-state index is -0.0903. The number of carbonyl (C=O) groups excluding carboxylic acids is 2. The summed E-state index contributed by atoms with van der Waals surface area (Å²) in [5.41, 5.74) is 1.01. The van der Waals surface area contributed by atoms with E-state index < -0.39 is 0 Å². The van der Waals surface area contributed by atoms with Crippen molar-refractivity contribution in [1.82, 2.24) is 15.1 Å². The molecule has 0 saturated carbocycles. The van der Waals surface area contributed by atoms with Crippen molar-refractivity contribution in [1.29, 1.82) is 0 Å². The van der Waals surface area contributed by atoms with E-state index in [2.05, 4.69) is 10.3 Å². The predicted octanol–water partition coefficient (Wildman–Crippen LogP) is 1.89. The molecule has 0 aromatic heterocycles. The van der Waals surface area contributed by atoms with Crippen molar-refractivity contribution < 1.29 is 9.59 Å². The van der Waals surface area contributed by atoms with Gasteiger partial charge in [0.2, 0.25) is 11.8 Å². The number of hydrogen-bond acceptors (Lipinski definition) is 3. The molecule has 130 valence electrons. The Morgan fingerprint density at radius 3 is 2.58 bits per heavy atom. The Bertz CT molecular complexity index is 617. The van der Waals surface area contributed by atoms with Gasteiger partial charge in [-0.2, -0.15) is 0 Å². The molecule has 0 atom stereocenters. The largest absolute Gasteiger partial charge is 0.354 e. The number of guanidine groups is 1. The fraction of sp³-hybridized carbons (Fsp3) is 0.471. The SMILES string of the molecule is CN=C(NCCN1C(=O)CCCC1=O)N(C)Cc1ccccc1Cl. The Hall–Kier alpha value is -2.08. The second-order valence-electron chi connectivity index (χ2n) is 5.71. The third kappa shape index (κ3) is 4.71. The molecule has 7 heteroatoms. The minimum Gasteiger partial charge on any atom is -0.354 e. The summed E-state index contributed by atoms with van der Waals surface area (Å²) in [5, 5.41) is 3.90. The van der Waals surface area contributed by atoms with E-state index in [-0.39, 0.29) is 11.8 Å². The molecule has 1 aliphatic heterocycles. The van der Waals surface area contributed by atoms with Gasteiger partial charge in [0.25, 0.3) is 0 Å². The highest BCUT2D eigenvalue weighted by molar-refractivity contribution is 6.31. The number of imide groups is 1. The van der Waals surface area contributed by atoms with Gasteiger partial charge >= 0.3 is 0 Å². The number of halogens is 1. The average Bonchev–Trinajstić information content (AvgIpc) is 2.56. The number of benzene rings is 1. The van der Waals surface area contributed by atoms with Gasteiger partial charge in [-0.25, -0.2) is 0 Å². The maximum Gasteiger partial charge on any atom is 0.229 e. The highest BCUT2D eigenvalue weighted by atomic mass is 35.5. The first-order valence-corrected chi connectivity index (χ1v) is 8.39. The first-order chi connectivity index (χ1) is 11.5. The van der Waals surface area contributed by atoms with Crippen LogP contribution in [-0.4, -0.2) is 54.8 Å². The van der Waals surface area contributed by atoms with Gasteiger partial charge in [-0.15, -0.1) is 0 Å². The van der Waals surface area contributed by atoms with Gasteiger partial charge in [0.05, 0.1) is 0 Å². The smallest absolute Gasteiger partial charge is 0.229 e. The van der Waals surface area contributed by atoms with Crippen LogP contribution in [0.25, 0.3) is 0 Å². The summed E-state index contributed by atoms with van der Waals surface area (Å²) in [6.07, 6.45) is 1.56. The highest BCUT2D eigenvalue weighted by Crippen LogP contribution is 2.16. The van der Waals surface area contributed by atoms with Crippen LogP contribution in [0.15, 0.2) is 29.3 Å². The topological polar surface area (TPSA) is 65.0 Å². The molecule has 6 nitrogen and oxygen atoms in total. The van der Waals surface area contributed by atoms with Crippen molar-refractivity contribution in [2.75, 3.05) is 27.2 Å². The van der Waals surface area contributed by atoms with Crippen molar-refractivity contribution in [3.8, 4) is 0 Å². The third-order valence-corrected chi connectivity index (χ3v) is 4.31. The van der Waals surface area contributed by atoms with Crippen LogP contribution in [-0.2, 0) is 16.1 Å². The summed E-state index contributed by atoms with van der Waals surface area (Å²) in [6.45, 7) is 1.44. The zero-order chi connectivity index (χ0) is 17.5. The van der Waals surface area contributed by atoms with Gasteiger partial charge in [0, 0.05) is 51.6 Å². The molecular formula is C17H23ClN4O2. The average molecular weight is 351 g/mol. The molecule has 1 fully saturated rings. The van der Waals surface area contributed by atoms with Crippen LogP contribution in [0.1, 0.15) is 24.8 Å². The molecule has 0 spiro atoms. The summed E-state index contributed by atoms with van der Waals surface area (Å²) >= 11 is 6.19. The summed E-state index contributed by atoms with van der Waals surface area (Å²) in [7, 11) is 3.61. The molecule has 0 radical (unpaired) electrons. The maximum atomic E-state index is 11.8. The van der Waals surface area contributed by atoms with Crippen LogP contribution >= 0.6 is 11.6 Å². The lowest BCUT2D eigenvalue weighted by Gasteiger charge is -2.27. The Labute approximate surface area is 147 Å². The van der Waals surface area contributed by atoms with Crippen LogP contribution in [0.4, 0.5) is 0 Å². The number of aliphatic imine (C=N–C) groups is 1. The molecule has 1 saturated heterocycles. The van der Waals surface area contributed by atoms with E-state index >= 15 is 0 Å². The zero-order valence-electron chi connectivity index (χ0n) is 14.1. The molecule has 0 bridgehead atoms. The lowest BCUT2D eigenvalue weighted by molar-refractivity contribution is -0.147. The summed E-state index contributed by atoms with van der Waals surface area (Å²) in [4.78, 5) is 31.1. The molecule has 0 aliphatic carbocycles. The fourth-order valence-electron chi connectivity index (χ4n) is 2.67. The Kier molecular flexibility index (Phi) is 6.61. The van der Waals surface area contributed by atoms with E-state index in [1.807, 2.05) is 36.2 Å². The van der Waals surface area contributed by atoms with Gasteiger partial charge in [-0.1, -0.05) is 29.8 Å². The molecule has 1 aromatic rings. The molecule has 2 amide bonds. The second-order valence-corrected chi connectivity index (χ2v) is 6.12. The number of hydrogen-bond donors (Lipinski definition) is 1. The number of nitrogens with one attached hydrogen (secondary N) is 1. The number of rotatable bonds is 5. The number of carbonyl (C=O) groups is 2. The Morgan fingerprint density at radius 1 is 1.29 bits per heavy atom. The van der Waals surface area contributed by atoms with Gasteiger partial charge in [0.15, 0.2) is 5.96 Å². The minimum absolute atomic E-state index is 0.0903. The second kappa shape index (κ2) is 8.68. The first kappa shape index (κ1) is 18.3. The van der Waals surface area contributed by atoms with Crippen molar-refractivity contribution >= 4 is 29.4 Å².